The number of ether oxygens (including phenoxy) is 2. The first-order valence-electron chi connectivity index (χ1n) is 15.9. The van der Waals surface area contributed by atoms with Crippen molar-refractivity contribution in [3.05, 3.63) is 69.1 Å². The average Bonchev–Trinajstić information content (AvgIpc) is 3.47. The number of carbonyl (C=O) groups excluding carboxylic acids is 2. The number of aliphatic hydroxyl groups excluding tert-OH is 1. The van der Waals surface area contributed by atoms with E-state index in [0.717, 1.165) is 28.4 Å². The minimum absolute atomic E-state index is 0.0301. The first-order valence-corrected chi connectivity index (χ1v) is 17.2. The first kappa shape index (κ1) is 37.5. The highest BCUT2D eigenvalue weighted by atomic mass is 35.5. The van der Waals surface area contributed by atoms with Gasteiger partial charge in [-0.25, -0.2) is 0 Å². The average molecular weight is 749 g/mol. The second-order valence-electron chi connectivity index (χ2n) is 11.9. The summed E-state index contributed by atoms with van der Waals surface area (Å²) in [7, 11) is 0. The van der Waals surface area contributed by atoms with Gasteiger partial charge in [-0.3, -0.25) is 14.6 Å². The van der Waals surface area contributed by atoms with Crippen molar-refractivity contribution in [2.45, 2.75) is 56.6 Å². The van der Waals surface area contributed by atoms with Crippen LogP contribution in [0.2, 0.25) is 5.02 Å². The molecule has 272 valence electrons. The number of benzene rings is 1. The van der Waals surface area contributed by atoms with Gasteiger partial charge >= 0.3 is 12.4 Å². The number of halogens is 7. The van der Waals surface area contributed by atoms with Crippen molar-refractivity contribution < 1.29 is 50.5 Å². The quantitative estimate of drug-likeness (QED) is 0.229. The van der Waals surface area contributed by atoms with E-state index in [9.17, 15) is 41.0 Å². The number of likely N-dealkylation sites (tertiary alicyclic amines) is 1. The molecule has 50 heavy (non-hydrogen) atoms. The number of rotatable bonds is 10. The van der Waals surface area contributed by atoms with Crippen molar-refractivity contribution in [2.24, 2.45) is 0 Å². The lowest BCUT2D eigenvalue weighted by atomic mass is 9.79. The second kappa shape index (κ2) is 15.2. The molecule has 2 aromatic heterocycles. The minimum atomic E-state index is -4.88. The van der Waals surface area contributed by atoms with Gasteiger partial charge in [-0.15, -0.1) is 11.3 Å². The van der Waals surface area contributed by atoms with E-state index in [1.54, 1.807) is 19.1 Å². The maximum atomic E-state index is 14.8. The van der Waals surface area contributed by atoms with Crippen molar-refractivity contribution in [2.75, 3.05) is 50.8 Å². The van der Waals surface area contributed by atoms with Gasteiger partial charge in [0.05, 0.1) is 29.5 Å². The minimum Gasteiger partial charge on any atom is -0.489 e. The van der Waals surface area contributed by atoms with Gasteiger partial charge in [-0.1, -0.05) is 37.1 Å². The van der Waals surface area contributed by atoms with E-state index in [4.69, 9.17) is 21.1 Å². The van der Waals surface area contributed by atoms with E-state index in [0.29, 0.717) is 42.7 Å². The molecule has 3 aromatic rings. The molecular weight excluding hydrogens is 714 g/mol. The van der Waals surface area contributed by atoms with Crippen molar-refractivity contribution in [3.63, 3.8) is 0 Å². The molecule has 0 saturated carbocycles. The van der Waals surface area contributed by atoms with Crippen LogP contribution in [0.4, 0.5) is 32.0 Å². The van der Waals surface area contributed by atoms with Crippen LogP contribution >= 0.6 is 22.9 Å². The highest BCUT2D eigenvalue weighted by molar-refractivity contribution is 7.11. The normalized spacial score (nSPS) is 20.2. The number of piperidine rings is 1. The van der Waals surface area contributed by atoms with Gasteiger partial charge < -0.3 is 29.3 Å². The smallest absolute Gasteiger partial charge is 0.427 e. The first-order chi connectivity index (χ1) is 23.7. The van der Waals surface area contributed by atoms with E-state index in [1.807, 2.05) is 17.0 Å². The van der Waals surface area contributed by atoms with Gasteiger partial charge in [0.15, 0.2) is 5.75 Å². The number of aliphatic hydroxyl groups is 1. The largest absolute Gasteiger partial charge is 0.489 e. The SMILES string of the molecule is CCC[C@H]1N(C(=O)c2cnccc2C(F)(F)F)CCC[C@@]1(Oc1csc(C(F)(F)F)c1Cl)C(=O)N1CCN(c2ccccc2OCCO)CC1. The predicted octanol–water partition coefficient (Wildman–Crippen LogP) is 6.78. The molecule has 5 rings (SSSR count). The van der Waals surface area contributed by atoms with E-state index >= 15 is 0 Å². The molecule has 17 heteroatoms. The Labute approximate surface area is 293 Å². The summed E-state index contributed by atoms with van der Waals surface area (Å²) in [6.07, 6.45) is -7.44. The Morgan fingerprint density at radius 1 is 1.04 bits per heavy atom. The van der Waals surface area contributed by atoms with Crippen molar-refractivity contribution in [1.82, 2.24) is 14.8 Å². The van der Waals surface area contributed by atoms with Gasteiger partial charge in [-0.05, 0) is 31.0 Å². The Balaban J connectivity index is 1.52. The Kier molecular flexibility index (Phi) is 11.4. The number of para-hydroxylation sites is 2. The van der Waals surface area contributed by atoms with Crippen molar-refractivity contribution in [3.8, 4) is 11.5 Å². The summed E-state index contributed by atoms with van der Waals surface area (Å²) in [4.78, 5) is 36.1. The summed E-state index contributed by atoms with van der Waals surface area (Å²) in [5, 5.41) is 9.53. The van der Waals surface area contributed by atoms with Crippen LogP contribution in [0.1, 0.15) is 53.4 Å². The van der Waals surface area contributed by atoms with Crippen LogP contribution < -0.4 is 14.4 Å². The Hall–Kier alpha value is -3.76. The van der Waals surface area contributed by atoms with E-state index in [2.05, 4.69) is 4.98 Å². The van der Waals surface area contributed by atoms with Gasteiger partial charge in [0.1, 0.15) is 22.3 Å². The number of aromatic nitrogens is 1. The van der Waals surface area contributed by atoms with Crippen LogP contribution in [-0.4, -0.2) is 89.3 Å². The molecule has 0 radical (unpaired) electrons. The van der Waals surface area contributed by atoms with E-state index in [-0.39, 0.29) is 52.1 Å². The number of anilines is 1. The summed E-state index contributed by atoms with van der Waals surface area (Å²) in [6.45, 7) is 2.56. The molecule has 9 nitrogen and oxygen atoms in total. The molecular formula is C33H35ClF6N4O5S. The van der Waals surface area contributed by atoms with Gasteiger partial charge in [0.25, 0.3) is 11.8 Å². The molecule has 2 fully saturated rings. The lowest BCUT2D eigenvalue weighted by molar-refractivity contribution is -0.159. The second-order valence-corrected chi connectivity index (χ2v) is 13.1. The molecule has 4 heterocycles. The zero-order valence-corrected chi connectivity index (χ0v) is 28.5. The number of alkyl halides is 6. The fourth-order valence-corrected chi connectivity index (χ4v) is 7.70. The summed E-state index contributed by atoms with van der Waals surface area (Å²) < 4.78 is 95.3. The van der Waals surface area contributed by atoms with Gasteiger partial charge in [0, 0.05) is 56.9 Å². The lowest BCUT2D eigenvalue weighted by Gasteiger charge is -2.51. The van der Waals surface area contributed by atoms with Crippen LogP contribution in [0, 0.1) is 0 Å². The van der Waals surface area contributed by atoms with Crippen LogP contribution in [-0.2, 0) is 17.1 Å². The maximum absolute atomic E-state index is 14.8. The summed E-state index contributed by atoms with van der Waals surface area (Å²) in [5.74, 6) is -1.51. The fourth-order valence-electron chi connectivity index (χ4n) is 6.57. The standard InChI is InChI=1S/C33H35ClF6N4O5S/c1-2-6-26-31(49-25-20-50-28(27(25)34)33(38,39)40,10-5-12-44(26)29(46)21-19-41-11-9-22(21)32(35,36)37)30(47)43-15-13-42(14-16-43)23-7-3-4-8-24(23)48-18-17-45/h3-4,7-9,11,19-20,26,45H,2,5-6,10,12-18H2,1H3/t26-,31+/m1/s1. The molecule has 2 aliphatic rings. The number of pyridine rings is 1. The zero-order chi connectivity index (χ0) is 36.3. The Morgan fingerprint density at radius 3 is 2.40 bits per heavy atom. The molecule has 0 spiro atoms. The number of thiophene rings is 1. The summed E-state index contributed by atoms with van der Waals surface area (Å²) in [6, 6.07) is 6.71. The topological polar surface area (TPSA) is 95.4 Å². The van der Waals surface area contributed by atoms with Crippen LogP contribution in [0.15, 0.2) is 48.1 Å². The zero-order valence-electron chi connectivity index (χ0n) is 26.9. The monoisotopic (exact) mass is 748 g/mol. The van der Waals surface area contributed by atoms with E-state index in [1.165, 1.54) is 4.90 Å². The molecule has 2 aliphatic heterocycles. The third-order valence-corrected chi connectivity index (χ3v) is 10.3. The van der Waals surface area contributed by atoms with Crippen LogP contribution in [0.5, 0.6) is 11.5 Å². The number of amides is 2. The summed E-state index contributed by atoms with van der Waals surface area (Å²) >= 11 is 6.49. The summed E-state index contributed by atoms with van der Waals surface area (Å²) in [5.41, 5.74) is -3.17. The number of hydrogen-bond acceptors (Lipinski definition) is 8. The van der Waals surface area contributed by atoms with Gasteiger partial charge in [-0.2, -0.15) is 26.3 Å². The molecule has 1 aromatic carbocycles. The molecule has 1 N–H and O–H groups in total. The lowest BCUT2D eigenvalue weighted by Crippen LogP contribution is -2.69. The highest BCUT2D eigenvalue weighted by Gasteiger charge is 2.56. The highest BCUT2D eigenvalue weighted by Crippen LogP contribution is 2.48. The number of nitrogens with zero attached hydrogens (tertiary/aromatic N) is 4. The Bertz CT molecular complexity index is 1670. The van der Waals surface area contributed by atoms with Crippen molar-refractivity contribution >= 4 is 40.4 Å². The molecule has 0 aliphatic carbocycles. The van der Waals surface area contributed by atoms with E-state index < -0.39 is 62.6 Å². The molecule has 2 saturated heterocycles. The number of carbonyl (C=O) groups is 2. The molecule has 0 bridgehead atoms. The Morgan fingerprint density at radius 2 is 1.76 bits per heavy atom. The predicted molar refractivity (Wildman–Crippen MR) is 174 cm³/mol. The molecule has 2 atom stereocenters. The number of hydrogen-bond donors (Lipinski definition) is 1. The number of piperazine rings is 1. The fraction of sp³-hybridized carbons (Fsp3) is 0.485. The third-order valence-electron chi connectivity index (χ3n) is 8.77. The molecule has 2 amide bonds. The third kappa shape index (κ3) is 7.61. The maximum Gasteiger partial charge on any atom is 0.427 e. The van der Waals surface area contributed by atoms with Crippen molar-refractivity contribution in [1.29, 1.82) is 0 Å². The van der Waals surface area contributed by atoms with Gasteiger partial charge in [0.2, 0.25) is 5.60 Å². The van der Waals surface area contributed by atoms with Crippen LogP contribution in [0.3, 0.4) is 0 Å². The van der Waals surface area contributed by atoms with Crippen LogP contribution in [0.25, 0.3) is 0 Å². The molecule has 0 unspecified atom stereocenters.